The van der Waals surface area contributed by atoms with Crippen LogP contribution in [0.15, 0.2) is 43.1 Å². The molecule has 1 fully saturated rings. The molecule has 0 atom stereocenters. The van der Waals surface area contributed by atoms with Crippen molar-refractivity contribution in [2.45, 2.75) is 6.85 Å². The van der Waals surface area contributed by atoms with Crippen molar-refractivity contribution in [2.75, 3.05) is 37.9 Å². The number of fused-ring (bicyclic) bond motifs is 1. The third kappa shape index (κ3) is 3.89. The second-order valence-corrected chi connectivity index (χ2v) is 7.28. The van der Waals surface area contributed by atoms with Crippen molar-refractivity contribution in [1.82, 2.24) is 54.8 Å². The van der Waals surface area contributed by atoms with E-state index in [9.17, 15) is 9.59 Å². The zero-order valence-corrected chi connectivity index (χ0v) is 18.6. The first-order valence-electron chi connectivity index (χ1n) is 17.9. The Morgan fingerprint density at radius 1 is 1.18 bits per heavy atom. The molecular weight excluding hydrogens is 492 g/mol. The summed E-state index contributed by atoms with van der Waals surface area (Å²) in [6.45, 7) is -18.2. The normalized spacial score (nSPS) is 25.5. The second-order valence-electron chi connectivity index (χ2n) is 7.28. The van der Waals surface area contributed by atoms with Crippen LogP contribution >= 0.6 is 0 Å². The van der Waals surface area contributed by atoms with E-state index in [4.69, 9.17) is 25.3 Å². The van der Waals surface area contributed by atoms with E-state index in [1.54, 1.807) is 0 Å². The summed E-state index contributed by atoms with van der Waals surface area (Å²) in [5.41, 5.74) is -1.22. The summed E-state index contributed by atoms with van der Waals surface area (Å²) < 4.78 is 130. The number of pyridine rings is 2. The van der Waals surface area contributed by atoms with Crippen LogP contribution in [0, 0.1) is 6.85 Å². The number of methoxy groups -OCH3 is 1. The fraction of sp³-hybridized carbons (Fsp3) is 0.261. The summed E-state index contributed by atoms with van der Waals surface area (Å²) in [6, 6.07) is 4.31. The van der Waals surface area contributed by atoms with Gasteiger partial charge in [0, 0.05) is 42.5 Å². The molecule has 0 bridgehead atoms. The molecule has 1 aliphatic heterocycles. The molecule has 15 nitrogen and oxygen atoms in total. The van der Waals surface area contributed by atoms with Crippen LogP contribution < -0.4 is 9.64 Å². The molecule has 0 aromatic carbocycles. The first kappa shape index (κ1) is 11.9. The predicted octanol–water partition coefficient (Wildman–Crippen LogP) is 0.363. The van der Waals surface area contributed by atoms with Gasteiger partial charge < -0.3 is 19.5 Å². The highest BCUT2D eigenvalue weighted by Crippen LogP contribution is 2.32. The SMILES string of the molecule is [2H]c1nc(C([2H])([2H])[2H])nn1-c1ncc(OC([2H])([2H])[2H])c2c(C(=O)C(=O)N3C([2H])([2H])C([2H])([2H])N(c4nnnn4-c4ccccn4)C([2H])([2H])C3([2H])[2H])c[nH]c12. The van der Waals surface area contributed by atoms with Gasteiger partial charge in [0.1, 0.15) is 19.2 Å². The number of aromatic amines is 1. The van der Waals surface area contributed by atoms with Gasteiger partial charge in [-0.3, -0.25) is 9.59 Å². The Bertz CT molecular complexity index is 2220. The van der Waals surface area contributed by atoms with E-state index in [-0.39, 0.29) is 16.2 Å². The minimum Gasteiger partial charge on any atom is -0.494 e. The molecule has 0 unspecified atom stereocenters. The maximum Gasteiger partial charge on any atom is 0.295 e. The van der Waals surface area contributed by atoms with Crippen LogP contribution in [-0.4, -0.2) is 99.5 Å². The molecule has 38 heavy (non-hydrogen) atoms. The number of nitrogens with zero attached hydrogens (tertiary/aromatic N) is 11. The zero-order chi connectivity index (χ0) is 39.3. The van der Waals surface area contributed by atoms with Gasteiger partial charge in [0.2, 0.25) is 0 Å². The third-order valence-corrected chi connectivity index (χ3v) is 5.12. The van der Waals surface area contributed by atoms with Crippen LogP contribution in [0.2, 0.25) is 0 Å². The maximum absolute atomic E-state index is 14.0. The molecule has 1 saturated heterocycles. The number of hydrogen-bond acceptors (Lipinski definition) is 11. The fourth-order valence-electron chi connectivity index (χ4n) is 3.47. The molecule has 0 aliphatic carbocycles. The third-order valence-electron chi connectivity index (χ3n) is 5.12. The number of tetrazole rings is 1. The van der Waals surface area contributed by atoms with E-state index < -0.39 is 97.1 Å². The van der Waals surface area contributed by atoms with Gasteiger partial charge in [0.25, 0.3) is 17.6 Å². The lowest BCUT2D eigenvalue weighted by atomic mass is 10.1. The average molecular weight is 530 g/mol. The number of hydrogen-bond donors (Lipinski definition) is 1. The maximum atomic E-state index is 14.0. The molecule has 5 aromatic heterocycles. The smallest absolute Gasteiger partial charge is 0.295 e. The highest BCUT2D eigenvalue weighted by atomic mass is 16.5. The zero-order valence-electron chi connectivity index (χ0n) is 33.6. The lowest BCUT2D eigenvalue weighted by Crippen LogP contribution is -2.51. The molecule has 1 aliphatic rings. The Morgan fingerprint density at radius 3 is 2.84 bits per heavy atom. The molecule has 0 spiro atoms. The first-order chi connectivity index (χ1) is 24.3. The second kappa shape index (κ2) is 9.34. The van der Waals surface area contributed by atoms with Gasteiger partial charge in [-0.25, -0.2) is 19.6 Å². The van der Waals surface area contributed by atoms with E-state index in [0.29, 0.717) is 9.36 Å². The summed E-state index contributed by atoms with van der Waals surface area (Å²) >= 11 is 0. The lowest BCUT2D eigenvalue weighted by Gasteiger charge is -2.34. The number of ether oxygens (including phenoxy) is 1. The summed E-state index contributed by atoms with van der Waals surface area (Å²) in [7, 11) is -3.21. The van der Waals surface area contributed by atoms with Crippen molar-refractivity contribution in [1.29, 1.82) is 0 Å². The molecule has 1 amide bonds. The molecule has 5 aromatic rings. The minimum absolute atomic E-state index is 0.0566. The number of aromatic nitrogens is 10. The Morgan fingerprint density at radius 2 is 2.08 bits per heavy atom. The van der Waals surface area contributed by atoms with Crippen LogP contribution in [0.25, 0.3) is 22.5 Å². The molecule has 15 heteroatoms. The topological polar surface area (TPSA) is 166 Å². The number of nitrogens with one attached hydrogen (secondary N) is 1. The lowest BCUT2D eigenvalue weighted by molar-refractivity contribution is -0.126. The predicted molar refractivity (Wildman–Crippen MR) is 132 cm³/mol. The molecule has 1 N–H and O–H groups in total. The number of piperazine rings is 1. The molecule has 0 radical (unpaired) electrons. The highest BCUT2D eigenvalue weighted by Gasteiger charge is 2.31. The Balaban J connectivity index is 1.49. The molecular formula is C23H22N12O3. The van der Waals surface area contributed by atoms with Gasteiger partial charge in [-0.1, -0.05) is 11.2 Å². The summed E-state index contributed by atoms with van der Waals surface area (Å²) in [5, 5.41) is 13.8. The molecule has 6 heterocycles. The van der Waals surface area contributed by atoms with Gasteiger partial charge >= 0.3 is 0 Å². The Labute approximate surface area is 236 Å². The summed E-state index contributed by atoms with van der Waals surface area (Å²) in [6.07, 6.45) is 2.02. The number of rotatable bonds is 6. The van der Waals surface area contributed by atoms with Gasteiger partial charge in [-0.2, -0.15) is 9.78 Å². The van der Waals surface area contributed by atoms with Crippen LogP contribution in [0.4, 0.5) is 5.95 Å². The number of carbonyl (C=O) groups is 2. The van der Waals surface area contributed by atoms with E-state index in [1.807, 2.05) is 0 Å². The molecule has 6 rings (SSSR count). The van der Waals surface area contributed by atoms with Crippen LogP contribution in [0.5, 0.6) is 5.75 Å². The van der Waals surface area contributed by atoms with Crippen molar-refractivity contribution < 1.29 is 34.9 Å². The Kier molecular flexibility index (Phi) is 2.92. The van der Waals surface area contributed by atoms with Gasteiger partial charge in [-0.15, -0.1) is 0 Å². The van der Waals surface area contributed by atoms with E-state index in [0.717, 1.165) is 12.4 Å². The van der Waals surface area contributed by atoms with Crippen molar-refractivity contribution >= 4 is 28.5 Å². The van der Waals surface area contributed by atoms with Crippen LogP contribution in [0.3, 0.4) is 0 Å². The van der Waals surface area contributed by atoms with Crippen molar-refractivity contribution in [3.8, 4) is 17.4 Å². The van der Waals surface area contributed by atoms with E-state index >= 15 is 0 Å². The summed E-state index contributed by atoms with van der Waals surface area (Å²) in [4.78, 5) is 41.5. The number of ketones is 1. The Hall–Kier alpha value is -5.21. The number of aryl methyl sites for hydroxylation is 1. The van der Waals surface area contributed by atoms with Crippen LogP contribution in [-0.2, 0) is 4.79 Å². The van der Waals surface area contributed by atoms with Gasteiger partial charge in [0.05, 0.1) is 44.8 Å². The van der Waals surface area contributed by atoms with E-state index in [1.165, 1.54) is 24.4 Å². The standard InChI is InChI=1S/C23H22N12O3/c1-14-27-13-34(29-14)21-19-18(16(38-2)12-26-21)15(11-25-19)20(36)22(37)32-7-9-33(10-8-32)23-28-30-31-35(23)17-5-3-4-6-24-17/h3-6,11-13,25H,7-10H2,1-2H3/i1D3,2D3,7D2,8D2,9D2,10D2,13D. The average Bonchev–Trinajstić information content (AvgIpc) is 3.79. The number of carbonyl (C=O) groups excluding carboxylic acids is 2. The molecule has 192 valence electrons. The fourth-order valence-corrected chi connectivity index (χ4v) is 3.47. The highest BCUT2D eigenvalue weighted by molar-refractivity contribution is 6.45. The number of Topliss-reactive ketones (excluding diaryl/α,β-unsaturated/α-hetero) is 1. The first-order valence-corrected chi connectivity index (χ1v) is 10.4. The van der Waals surface area contributed by atoms with Crippen molar-refractivity contribution in [3.63, 3.8) is 0 Å². The van der Waals surface area contributed by atoms with E-state index in [2.05, 4.69) is 40.6 Å². The monoisotopic (exact) mass is 529 g/mol. The van der Waals surface area contributed by atoms with Gasteiger partial charge in [-0.05, 0) is 29.4 Å². The quantitative estimate of drug-likeness (QED) is 0.238. The van der Waals surface area contributed by atoms with Crippen molar-refractivity contribution in [2.24, 2.45) is 0 Å². The summed E-state index contributed by atoms with van der Waals surface area (Å²) in [5.74, 6) is -6.85. The van der Waals surface area contributed by atoms with Crippen molar-refractivity contribution in [3.05, 3.63) is 54.5 Å². The van der Waals surface area contributed by atoms with Crippen LogP contribution in [0.1, 0.15) is 36.7 Å². The molecule has 0 saturated carbocycles. The number of H-pyrrole nitrogens is 1. The minimum atomic E-state index is -3.90. The number of anilines is 1. The number of amides is 1. The largest absolute Gasteiger partial charge is 0.494 e. The van der Waals surface area contributed by atoms with Gasteiger partial charge in [0.15, 0.2) is 11.6 Å².